The van der Waals surface area contributed by atoms with Gasteiger partial charge < -0.3 is 10.0 Å². The minimum Gasteiger partial charge on any atom is -0.394 e. The van der Waals surface area contributed by atoms with Crippen molar-refractivity contribution in [2.75, 3.05) is 19.4 Å². The number of aliphatic hydroxyl groups excluding tert-OH is 1. The maximum absolute atomic E-state index is 12.4. The molecule has 1 heterocycles. The zero-order chi connectivity index (χ0) is 12.3. The molecule has 1 fully saturated rings. The first-order chi connectivity index (χ1) is 8.27. The Kier molecular flexibility index (Phi) is 4.07. The Bertz CT molecular complexity index is 408. The van der Waals surface area contributed by atoms with E-state index in [1.807, 2.05) is 30.5 Å². The number of thioether (sulfide) groups is 1. The molecule has 1 aliphatic heterocycles. The van der Waals surface area contributed by atoms with Gasteiger partial charge in [0, 0.05) is 11.4 Å². The molecule has 0 saturated carbocycles. The van der Waals surface area contributed by atoms with Gasteiger partial charge in [-0.1, -0.05) is 12.1 Å². The summed E-state index contributed by atoms with van der Waals surface area (Å²) in [6.07, 6.45) is 3.86. The molecule has 0 radical (unpaired) electrons. The first kappa shape index (κ1) is 12.5. The fourth-order valence-corrected chi connectivity index (χ4v) is 2.86. The molecule has 1 N–H and O–H groups in total. The molecule has 1 aromatic carbocycles. The monoisotopic (exact) mass is 251 g/mol. The first-order valence-corrected chi connectivity index (χ1v) is 7.05. The summed E-state index contributed by atoms with van der Waals surface area (Å²) in [4.78, 5) is 15.2. The molecule has 0 aliphatic carbocycles. The van der Waals surface area contributed by atoms with Crippen molar-refractivity contribution in [1.82, 2.24) is 4.90 Å². The van der Waals surface area contributed by atoms with E-state index in [9.17, 15) is 9.90 Å². The van der Waals surface area contributed by atoms with Gasteiger partial charge in [0.1, 0.15) is 0 Å². The van der Waals surface area contributed by atoms with E-state index in [2.05, 4.69) is 0 Å². The molecule has 1 amide bonds. The van der Waals surface area contributed by atoms with Crippen LogP contribution in [0.1, 0.15) is 23.2 Å². The summed E-state index contributed by atoms with van der Waals surface area (Å²) in [6, 6.07) is 7.65. The molecule has 1 unspecified atom stereocenters. The Labute approximate surface area is 106 Å². The van der Waals surface area contributed by atoms with Crippen molar-refractivity contribution < 1.29 is 9.90 Å². The standard InChI is InChI=1S/C13H17NO2S/c1-17-12-7-3-2-6-11(12)13(16)14-8-4-5-10(14)9-15/h2-3,6-7,10,15H,4-5,8-9H2,1H3. The topological polar surface area (TPSA) is 40.5 Å². The fourth-order valence-electron chi connectivity index (χ4n) is 2.27. The number of aliphatic hydroxyl groups is 1. The second-order valence-electron chi connectivity index (χ2n) is 4.18. The summed E-state index contributed by atoms with van der Waals surface area (Å²) in [6.45, 7) is 0.819. The molecule has 0 aromatic heterocycles. The van der Waals surface area contributed by atoms with E-state index >= 15 is 0 Å². The van der Waals surface area contributed by atoms with Gasteiger partial charge >= 0.3 is 0 Å². The van der Waals surface area contributed by atoms with Crippen molar-refractivity contribution in [3.63, 3.8) is 0 Å². The number of amides is 1. The van der Waals surface area contributed by atoms with Gasteiger partial charge in [-0.05, 0) is 31.2 Å². The van der Waals surface area contributed by atoms with E-state index in [4.69, 9.17) is 0 Å². The maximum Gasteiger partial charge on any atom is 0.255 e. The highest BCUT2D eigenvalue weighted by atomic mass is 32.2. The van der Waals surface area contributed by atoms with Crippen LogP contribution in [0.5, 0.6) is 0 Å². The van der Waals surface area contributed by atoms with Gasteiger partial charge in [0.25, 0.3) is 5.91 Å². The van der Waals surface area contributed by atoms with Crippen LogP contribution in [0.25, 0.3) is 0 Å². The Hall–Kier alpha value is -1.00. The van der Waals surface area contributed by atoms with E-state index in [1.165, 1.54) is 0 Å². The minimum atomic E-state index is -0.00240. The fraction of sp³-hybridized carbons (Fsp3) is 0.462. The lowest BCUT2D eigenvalue weighted by atomic mass is 10.1. The van der Waals surface area contributed by atoms with Crippen LogP contribution in [0, 0.1) is 0 Å². The number of carbonyl (C=O) groups is 1. The molecule has 1 aliphatic rings. The third-order valence-corrected chi connectivity index (χ3v) is 3.98. The predicted octanol–water partition coefficient (Wildman–Crippen LogP) is 2.01. The Morgan fingerprint density at radius 1 is 1.53 bits per heavy atom. The average molecular weight is 251 g/mol. The van der Waals surface area contributed by atoms with E-state index in [0.29, 0.717) is 0 Å². The molecule has 92 valence electrons. The summed E-state index contributed by atoms with van der Waals surface area (Å²) in [5.41, 5.74) is 0.750. The van der Waals surface area contributed by atoms with Crippen LogP contribution >= 0.6 is 11.8 Å². The molecule has 2 rings (SSSR count). The summed E-state index contributed by atoms with van der Waals surface area (Å²) >= 11 is 1.58. The van der Waals surface area contributed by atoms with Crippen LogP contribution < -0.4 is 0 Å². The predicted molar refractivity (Wildman–Crippen MR) is 69.4 cm³/mol. The minimum absolute atomic E-state index is 0.00240. The van der Waals surface area contributed by atoms with Gasteiger partial charge in [0.2, 0.25) is 0 Å². The van der Waals surface area contributed by atoms with Crippen molar-refractivity contribution in [2.24, 2.45) is 0 Å². The number of carbonyl (C=O) groups excluding carboxylic acids is 1. The lowest BCUT2D eigenvalue weighted by Gasteiger charge is -2.23. The number of rotatable bonds is 3. The lowest BCUT2D eigenvalue weighted by Crippen LogP contribution is -2.37. The van der Waals surface area contributed by atoms with Gasteiger partial charge in [0.05, 0.1) is 18.2 Å². The number of benzene rings is 1. The molecule has 1 saturated heterocycles. The highest BCUT2D eigenvalue weighted by Crippen LogP contribution is 2.25. The molecule has 0 bridgehead atoms. The summed E-state index contributed by atoms with van der Waals surface area (Å²) in [5, 5.41) is 9.26. The van der Waals surface area contributed by atoms with Crippen LogP contribution in [0.4, 0.5) is 0 Å². The number of hydrogen-bond donors (Lipinski definition) is 1. The van der Waals surface area contributed by atoms with Crippen molar-refractivity contribution in [1.29, 1.82) is 0 Å². The molecular formula is C13H17NO2S. The van der Waals surface area contributed by atoms with Crippen LogP contribution in [0.2, 0.25) is 0 Å². The maximum atomic E-state index is 12.4. The van der Waals surface area contributed by atoms with E-state index in [1.54, 1.807) is 16.7 Å². The summed E-state index contributed by atoms with van der Waals surface area (Å²) in [5.74, 6) is 0.0477. The van der Waals surface area contributed by atoms with Crippen LogP contribution in [-0.2, 0) is 0 Å². The number of likely N-dealkylation sites (tertiary alicyclic amines) is 1. The zero-order valence-electron chi connectivity index (χ0n) is 9.93. The number of nitrogens with zero attached hydrogens (tertiary/aromatic N) is 1. The zero-order valence-corrected chi connectivity index (χ0v) is 10.7. The van der Waals surface area contributed by atoms with Gasteiger partial charge in [-0.15, -0.1) is 11.8 Å². The molecule has 4 heteroatoms. The highest BCUT2D eigenvalue weighted by molar-refractivity contribution is 7.98. The average Bonchev–Trinajstić information content (AvgIpc) is 2.86. The van der Waals surface area contributed by atoms with Gasteiger partial charge in [0.15, 0.2) is 0 Å². The lowest BCUT2D eigenvalue weighted by molar-refractivity contribution is 0.0674. The smallest absolute Gasteiger partial charge is 0.255 e. The normalized spacial score (nSPS) is 19.6. The molecule has 0 spiro atoms. The third kappa shape index (κ3) is 2.48. The van der Waals surface area contributed by atoms with E-state index in [-0.39, 0.29) is 18.6 Å². The SMILES string of the molecule is CSc1ccccc1C(=O)N1CCCC1CO. The van der Waals surface area contributed by atoms with Crippen LogP contribution in [0.15, 0.2) is 29.2 Å². The molecule has 3 nitrogen and oxygen atoms in total. The Morgan fingerprint density at radius 3 is 3.00 bits per heavy atom. The highest BCUT2D eigenvalue weighted by Gasteiger charge is 2.29. The largest absolute Gasteiger partial charge is 0.394 e. The second kappa shape index (κ2) is 5.56. The Morgan fingerprint density at radius 2 is 2.29 bits per heavy atom. The Balaban J connectivity index is 2.24. The van der Waals surface area contributed by atoms with Crippen molar-refractivity contribution in [3.8, 4) is 0 Å². The van der Waals surface area contributed by atoms with E-state index in [0.717, 1.165) is 29.8 Å². The van der Waals surface area contributed by atoms with Gasteiger partial charge in [-0.3, -0.25) is 4.79 Å². The summed E-state index contributed by atoms with van der Waals surface area (Å²) in [7, 11) is 0. The van der Waals surface area contributed by atoms with E-state index < -0.39 is 0 Å². The van der Waals surface area contributed by atoms with Crippen molar-refractivity contribution in [3.05, 3.63) is 29.8 Å². The first-order valence-electron chi connectivity index (χ1n) is 5.82. The number of hydrogen-bond acceptors (Lipinski definition) is 3. The quantitative estimate of drug-likeness (QED) is 0.835. The second-order valence-corrected chi connectivity index (χ2v) is 5.03. The van der Waals surface area contributed by atoms with Crippen LogP contribution in [-0.4, -0.2) is 41.4 Å². The van der Waals surface area contributed by atoms with Crippen molar-refractivity contribution in [2.45, 2.75) is 23.8 Å². The molecule has 1 aromatic rings. The van der Waals surface area contributed by atoms with Gasteiger partial charge in [-0.25, -0.2) is 0 Å². The molecular weight excluding hydrogens is 234 g/mol. The molecule has 17 heavy (non-hydrogen) atoms. The van der Waals surface area contributed by atoms with Gasteiger partial charge in [-0.2, -0.15) is 0 Å². The summed E-state index contributed by atoms with van der Waals surface area (Å²) < 4.78 is 0. The van der Waals surface area contributed by atoms with Crippen LogP contribution in [0.3, 0.4) is 0 Å². The van der Waals surface area contributed by atoms with Crippen molar-refractivity contribution >= 4 is 17.7 Å². The third-order valence-electron chi connectivity index (χ3n) is 3.19. The molecule has 1 atom stereocenters.